The summed E-state index contributed by atoms with van der Waals surface area (Å²) < 4.78 is 33.9. The molecule has 1 unspecified atom stereocenters. The lowest BCUT2D eigenvalue weighted by Gasteiger charge is -2.15. The number of halogens is 2. The van der Waals surface area contributed by atoms with Crippen LogP contribution < -0.4 is 4.90 Å². The molecule has 0 saturated carbocycles. The van der Waals surface area contributed by atoms with Crippen molar-refractivity contribution in [3.05, 3.63) is 27.4 Å². The molecule has 2 heterocycles. The highest BCUT2D eigenvalue weighted by atomic mass is 35.5. The summed E-state index contributed by atoms with van der Waals surface area (Å²) in [6.07, 6.45) is -0.228. The molecule has 1 atom stereocenters. The summed E-state index contributed by atoms with van der Waals surface area (Å²) in [5.74, 6) is -2.44. The molecule has 1 saturated heterocycles. The molecule has 1 fully saturated rings. The molecular weight excluding hydrogens is 329 g/mol. The zero-order chi connectivity index (χ0) is 15.8. The van der Waals surface area contributed by atoms with Crippen LogP contribution in [0.3, 0.4) is 0 Å². The van der Waals surface area contributed by atoms with E-state index in [-0.39, 0.29) is 23.9 Å². The summed E-state index contributed by atoms with van der Waals surface area (Å²) in [6, 6.07) is 2.30. The Morgan fingerprint density at radius 3 is 2.76 bits per heavy atom. The second-order valence-electron chi connectivity index (χ2n) is 4.51. The number of carbonyl (C=O) groups is 1. The Hall–Kier alpha value is -1.81. The van der Waals surface area contributed by atoms with Gasteiger partial charge in [-0.25, -0.2) is 4.98 Å². The van der Waals surface area contributed by atoms with Gasteiger partial charge in [0.1, 0.15) is 5.15 Å². The van der Waals surface area contributed by atoms with Crippen molar-refractivity contribution in [1.82, 2.24) is 4.98 Å². The van der Waals surface area contributed by atoms with Gasteiger partial charge in [-0.2, -0.15) is 8.42 Å². The fourth-order valence-electron chi connectivity index (χ4n) is 2.14. The minimum Gasteiger partial charge on any atom is -0.291 e. The SMILES string of the molecule is O=C1CC(CS(=O)(=O)F)CN1c1nc(Cl)ccc1[N+](=O)[O-]. The second-order valence-corrected chi connectivity index (χ2v) is 6.31. The van der Waals surface area contributed by atoms with Gasteiger partial charge in [-0.1, -0.05) is 11.6 Å². The van der Waals surface area contributed by atoms with E-state index >= 15 is 0 Å². The van der Waals surface area contributed by atoms with Crippen LogP contribution in [0, 0.1) is 16.0 Å². The van der Waals surface area contributed by atoms with Crippen molar-refractivity contribution in [2.24, 2.45) is 5.92 Å². The zero-order valence-electron chi connectivity index (χ0n) is 10.4. The van der Waals surface area contributed by atoms with Gasteiger partial charge in [0, 0.05) is 24.9 Å². The number of nitrogens with zero attached hydrogens (tertiary/aromatic N) is 3. The number of aromatic nitrogens is 1. The van der Waals surface area contributed by atoms with Crippen molar-refractivity contribution in [3.8, 4) is 0 Å². The van der Waals surface area contributed by atoms with E-state index < -0.39 is 38.4 Å². The van der Waals surface area contributed by atoms with Crippen molar-refractivity contribution in [2.75, 3.05) is 17.2 Å². The smallest absolute Gasteiger partial charge is 0.291 e. The topological polar surface area (TPSA) is 110 Å². The van der Waals surface area contributed by atoms with Crippen molar-refractivity contribution in [3.63, 3.8) is 0 Å². The van der Waals surface area contributed by atoms with Gasteiger partial charge < -0.3 is 0 Å². The van der Waals surface area contributed by atoms with Gasteiger partial charge in [0.2, 0.25) is 11.7 Å². The maximum Gasteiger partial charge on any atom is 0.312 e. The molecule has 0 aliphatic carbocycles. The van der Waals surface area contributed by atoms with Crippen molar-refractivity contribution in [1.29, 1.82) is 0 Å². The standard InChI is InChI=1S/C10H9ClFN3O5S/c11-8-2-1-7(15(17)18)10(13-8)14-4-6(3-9(14)16)5-21(12,19)20/h1-2,6H,3-5H2. The van der Waals surface area contributed by atoms with Gasteiger partial charge in [-0.3, -0.25) is 19.8 Å². The minimum atomic E-state index is -4.73. The number of rotatable bonds is 4. The summed E-state index contributed by atoms with van der Waals surface area (Å²) in [5.41, 5.74) is -0.434. The number of pyridine rings is 1. The Bertz CT molecular complexity index is 711. The zero-order valence-corrected chi connectivity index (χ0v) is 12.0. The Kier molecular flexibility index (Phi) is 4.10. The molecule has 1 aromatic rings. The van der Waals surface area contributed by atoms with E-state index in [4.69, 9.17) is 11.6 Å². The van der Waals surface area contributed by atoms with E-state index in [2.05, 4.69) is 4.98 Å². The van der Waals surface area contributed by atoms with E-state index in [0.29, 0.717) is 0 Å². The van der Waals surface area contributed by atoms with Gasteiger partial charge in [-0.05, 0) is 6.07 Å². The van der Waals surface area contributed by atoms with Gasteiger partial charge in [0.15, 0.2) is 0 Å². The molecule has 0 bridgehead atoms. The van der Waals surface area contributed by atoms with Crippen LogP contribution >= 0.6 is 11.6 Å². The van der Waals surface area contributed by atoms with Crippen LogP contribution in [0.2, 0.25) is 5.15 Å². The predicted octanol–water partition coefficient (Wildman–Crippen LogP) is 1.30. The normalized spacial score (nSPS) is 19.0. The van der Waals surface area contributed by atoms with Crippen LogP contribution in [0.15, 0.2) is 12.1 Å². The number of nitro groups is 1. The third kappa shape index (κ3) is 3.64. The summed E-state index contributed by atoms with van der Waals surface area (Å²) in [6.45, 7) is -0.170. The maximum atomic E-state index is 12.7. The van der Waals surface area contributed by atoms with E-state index in [9.17, 15) is 27.2 Å². The van der Waals surface area contributed by atoms with Gasteiger partial charge >= 0.3 is 15.9 Å². The Balaban J connectivity index is 2.33. The van der Waals surface area contributed by atoms with Crippen molar-refractivity contribution < 1.29 is 22.0 Å². The van der Waals surface area contributed by atoms with Crippen LogP contribution in [0.4, 0.5) is 15.4 Å². The van der Waals surface area contributed by atoms with Gasteiger partial charge in [0.25, 0.3) is 0 Å². The average molecular weight is 338 g/mol. The van der Waals surface area contributed by atoms with Crippen LogP contribution in [0.25, 0.3) is 0 Å². The fraction of sp³-hybridized carbons (Fsp3) is 0.400. The Labute approximate surface area is 123 Å². The molecule has 1 aromatic heterocycles. The summed E-state index contributed by atoms with van der Waals surface area (Å²) in [7, 11) is -4.73. The lowest BCUT2D eigenvalue weighted by molar-refractivity contribution is -0.384. The third-order valence-electron chi connectivity index (χ3n) is 2.91. The van der Waals surface area contributed by atoms with E-state index in [1.165, 1.54) is 6.07 Å². The highest BCUT2D eigenvalue weighted by Gasteiger charge is 2.37. The van der Waals surface area contributed by atoms with Crippen molar-refractivity contribution in [2.45, 2.75) is 6.42 Å². The molecule has 8 nitrogen and oxygen atoms in total. The van der Waals surface area contributed by atoms with Gasteiger partial charge in [0.05, 0.1) is 10.7 Å². The first-order chi connectivity index (χ1) is 9.67. The highest BCUT2D eigenvalue weighted by molar-refractivity contribution is 7.86. The molecule has 1 aliphatic rings. The van der Waals surface area contributed by atoms with Crippen LogP contribution in [0.1, 0.15) is 6.42 Å². The average Bonchev–Trinajstić information content (AvgIpc) is 2.66. The lowest BCUT2D eigenvalue weighted by Crippen LogP contribution is -2.27. The van der Waals surface area contributed by atoms with Crippen LogP contribution in [0.5, 0.6) is 0 Å². The summed E-state index contributed by atoms with van der Waals surface area (Å²) in [5, 5.41) is 10.9. The number of hydrogen-bond acceptors (Lipinski definition) is 6. The first kappa shape index (κ1) is 15.6. The fourth-order valence-corrected chi connectivity index (χ4v) is 3.07. The van der Waals surface area contributed by atoms with Crippen molar-refractivity contribution >= 4 is 39.2 Å². The second kappa shape index (κ2) is 5.53. The molecule has 21 heavy (non-hydrogen) atoms. The van der Waals surface area contributed by atoms with Crippen LogP contribution in [-0.2, 0) is 15.0 Å². The summed E-state index contributed by atoms with van der Waals surface area (Å²) >= 11 is 5.66. The van der Waals surface area contributed by atoms with E-state index in [0.717, 1.165) is 11.0 Å². The summed E-state index contributed by atoms with van der Waals surface area (Å²) in [4.78, 5) is 26.8. The molecule has 2 rings (SSSR count). The first-order valence-electron chi connectivity index (χ1n) is 5.71. The molecular formula is C10H9ClFN3O5S. The minimum absolute atomic E-state index is 0.0510. The molecule has 11 heteroatoms. The molecule has 0 spiro atoms. The van der Waals surface area contributed by atoms with Gasteiger partial charge in [-0.15, -0.1) is 3.89 Å². The third-order valence-corrected chi connectivity index (χ3v) is 3.99. The lowest BCUT2D eigenvalue weighted by atomic mass is 10.1. The quantitative estimate of drug-likeness (QED) is 0.354. The highest BCUT2D eigenvalue weighted by Crippen LogP contribution is 2.32. The molecule has 1 amide bonds. The monoisotopic (exact) mass is 337 g/mol. The molecule has 114 valence electrons. The van der Waals surface area contributed by atoms with E-state index in [1.54, 1.807) is 0 Å². The number of amides is 1. The Morgan fingerprint density at radius 1 is 1.52 bits per heavy atom. The largest absolute Gasteiger partial charge is 0.312 e. The molecule has 0 aromatic carbocycles. The Morgan fingerprint density at radius 2 is 2.19 bits per heavy atom. The maximum absolute atomic E-state index is 12.7. The number of anilines is 1. The van der Waals surface area contributed by atoms with E-state index in [1.807, 2.05) is 0 Å². The number of carbonyl (C=O) groups excluding carboxylic acids is 1. The first-order valence-corrected chi connectivity index (χ1v) is 7.64. The molecule has 0 radical (unpaired) electrons. The predicted molar refractivity (Wildman–Crippen MR) is 71.3 cm³/mol. The number of hydrogen-bond donors (Lipinski definition) is 0. The molecule has 1 aliphatic heterocycles. The molecule has 0 N–H and O–H groups in total. The van der Waals surface area contributed by atoms with Crippen LogP contribution in [-0.4, -0.2) is 36.5 Å².